The van der Waals surface area contributed by atoms with Crippen molar-refractivity contribution in [2.45, 2.75) is 82.3 Å². The van der Waals surface area contributed by atoms with Gasteiger partial charge in [-0.05, 0) is 37.6 Å². The Kier molecular flexibility index (Phi) is 4.61. The number of hydrogen-bond donors (Lipinski definition) is 1. The van der Waals surface area contributed by atoms with Crippen molar-refractivity contribution in [3.8, 4) is 0 Å². The standard InChI is InChI=1S/C15H29NO2S/c1-4-16-14-13(10-11-15(14,2)3)19(17,18)12-8-6-5-7-9-12/h12-14,16H,4-11H2,1-3H3. The van der Waals surface area contributed by atoms with Crippen molar-refractivity contribution in [2.75, 3.05) is 6.54 Å². The molecule has 0 heterocycles. The molecule has 0 spiro atoms. The Balaban J connectivity index is 2.19. The van der Waals surface area contributed by atoms with Gasteiger partial charge in [-0.1, -0.05) is 40.0 Å². The van der Waals surface area contributed by atoms with Crippen LogP contribution in [0.2, 0.25) is 0 Å². The predicted molar refractivity (Wildman–Crippen MR) is 80.1 cm³/mol. The lowest BCUT2D eigenvalue weighted by Gasteiger charge is -2.33. The van der Waals surface area contributed by atoms with Gasteiger partial charge in [0.25, 0.3) is 0 Å². The van der Waals surface area contributed by atoms with E-state index < -0.39 is 9.84 Å². The molecule has 0 saturated heterocycles. The van der Waals surface area contributed by atoms with Crippen molar-refractivity contribution in [2.24, 2.45) is 5.41 Å². The van der Waals surface area contributed by atoms with Crippen molar-refractivity contribution in [1.82, 2.24) is 5.32 Å². The molecule has 2 aliphatic rings. The van der Waals surface area contributed by atoms with Crippen LogP contribution in [-0.2, 0) is 9.84 Å². The molecule has 2 aliphatic carbocycles. The zero-order chi connectivity index (χ0) is 14.1. The lowest BCUT2D eigenvalue weighted by molar-refractivity contribution is 0.287. The summed E-state index contributed by atoms with van der Waals surface area (Å²) in [5.41, 5.74) is 0.0996. The van der Waals surface area contributed by atoms with Crippen molar-refractivity contribution >= 4 is 9.84 Å². The smallest absolute Gasteiger partial charge is 0.157 e. The third kappa shape index (κ3) is 2.99. The second-order valence-electron chi connectivity index (χ2n) is 6.95. The highest BCUT2D eigenvalue weighted by Crippen LogP contribution is 2.43. The van der Waals surface area contributed by atoms with Gasteiger partial charge < -0.3 is 5.32 Å². The highest BCUT2D eigenvalue weighted by molar-refractivity contribution is 7.92. The molecule has 2 atom stereocenters. The highest BCUT2D eigenvalue weighted by atomic mass is 32.2. The Morgan fingerprint density at radius 2 is 1.74 bits per heavy atom. The van der Waals surface area contributed by atoms with Gasteiger partial charge in [0.05, 0.1) is 10.5 Å². The van der Waals surface area contributed by atoms with Crippen LogP contribution in [0.5, 0.6) is 0 Å². The number of sulfone groups is 1. The molecule has 0 aromatic carbocycles. The molecule has 3 nitrogen and oxygen atoms in total. The van der Waals surface area contributed by atoms with E-state index in [9.17, 15) is 8.42 Å². The molecule has 0 aliphatic heterocycles. The fourth-order valence-corrected chi connectivity index (χ4v) is 6.74. The van der Waals surface area contributed by atoms with E-state index in [1.165, 1.54) is 6.42 Å². The first-order valence-corrected chi connectivity index (χ1v) is 9.46. The van der Waals surface area contributed by atoms with Gasteiger partial charge in [-0.2, -0.15) is 0 Å². The lowest BCUT2D eigenvalue weighted by Crippen LogP contribution is -2.49. The van der Waals surface area contributed by atoms with Crippen LogP contribution in [0.4, 0.5) is 0 Å². The van der Waals surface area contributed by atoms with E-state index in [0.717, 1.165) is 45.1 Å². The zero-order valence-electron chi connectivity index (χ0n) is 12.6. The van der Waals surface area contributed by atoms with E-state index in [4.69, 9.17) is 0 Å². The molecule has 2 saturated carbocycles. The van der Waals surface area contributed by atoms with E-state index in [1.807, 2.05) is 0 Å². The highest BCUT2D eigenvalue weighted by Gasteiger charge is 2.49. The molecule has 0 amide bonds. The average molecular weight is 287 g/mol. The molecule has 2 rings (SSSR count). The number of hydrogen-bond acceptors (Lipinski definition) is 3. The summed E-state index contributed by atoms with van der Waals surface area (Å²) in [6.45, 7) is 7.33. The predicted octanol–water partition coefficient (Wildman–Crippen LogP) is 2.90. The summed E-state index contributed by atoms with van der Waals surface area (Å²) in [6, 6.07) is 0.129. The molecule has 2 unspecified atom stereocenters. The Bertz CT molecular complexity index is 396. The molecular weight excluding hydrogens is 258 g/mol. The molecule has 1 N–H and O–H groups in total. The van der Waals surface area contributed by atoms with Gasteiger partial charge in [0.1, 0.15) is 0 Å². The first-order chi connectivity index (χ1) is 8.89. The molecule has 112 valence electrons. The summed E-state index contributed by atoms with van der Waals surface area (Å²) in [5, 5.41) is 3.22. The second kappa shape index (κ2) is 5.72. The number of nitrogens with one attached hydrogen (secondary N) is 1. The van der Waals surface area contributed by atoms with E-state index in [1.54, 1.807) is 0 Å². The molecule has 2 fully saturated rings. The van der Waals surface area contributed by atoms with Gasteiger partial charge in [-0.25, -0.2) is 8.42 Å². The lowest BCUT2D eigenvalue weighted by atomic mass is 9.87. The van der Waals surface area contributed by atoms with Gasteiger partial charge >= 0.3 is 0 Å². The SMILES string of the molecule is CCNC1C(S(=O)(=O)C2CCCCC2)CCC1(C)C. The Hall–Kier alpha value is -0.0900. The van der Waals surface area contributed by atoms with E-state index in [-0.39, 0.29) is 22.0 Å². The molecule has 0 radical (unpaired) electrons. The van der Waals surface area contributed by atoms with Crippen LogP contribution in [0.15, 0.2) is 0 Å². The minimum atomic E-state index is -2.97. The molecule has 0 aromatic rings. The minimum absolute atomic E-state index is 0.0682. The van der Waals surface area contributed by atoms with Crippen LogP contribution in [0.25, 0.3) is 0 Å². The van der Waals surface area contributed by atoms with Crippen molar-refractivity contribution in [3.05, 3.63) is 0 Å². The maximum atomic E-state index is 12.9. The average Bonchev–Trinajstić information content (AvgIpc) is 2.68. The van der Waals surface area contributed by atoms with E-state index in [0.29, 0.717) is 0 Å². The van der Waals surface area contributed by atoms with Crippen LogP contribution in [0, 0.1) is 5.41 Å². The van der Waals surface area contributed by atoms with E-state index >= 15 is 0 Å². The van der Waals surface area contributed by atoms with Crippen LogP contribution < -0.4 is 5.32 Å². The third-order valence-electron chi connectivity index (χ3n) is 5.15. The van der Waals surface area contributed by atoms with Gasteiger partial charge in [0.2, 0.25) is 0 Å². The summed E-state index contributed by atoms with van der Waals surface area (Å²) in [6.07, 6.45) is 7.01. The van der Waals surface area contributed by atoms with Crippen molar-refractivity contribution in [1.29, 1.82) is 0 Å². The number of rotatable bonds is 4. The third-order valence-corrected chi connectivity index (χ3v) is 7.90. The first kappa shape index (κ1) is 15.3. The van der Waals surface area contributed by atoms with Crippen molar-refractivity contribution < 1.29 is 8.42 Å². The summed E-state index contributed by atoms with van der Waals surface area (Å²) < 4.78 is 25.8. The van der Waals surface area contributed by atoms with Crippen LogP contribution >= 0.6 is 0 Å². The van der Waals surface area contributed by atoms with Crippen molar-refractivity contribution in [3.63, 3.8) is 0 Å². The summed E-state index contributed by atoms with van der Waals surface area (Å²) >= 11 is 0. The van der Waals surface area contributed by atoms with Gasteiger partial charge in [-0.3, -0.25) is 0 Å². The van der Waals surface area contributed by atoms with Gasteiger partial charge in [0.15, 0.2) is 9.84 Å². The fourth-order valence-electron chi connectivity index (χ4n) is 3.96. The summed E-state index contributed by atoms with van der Waals surface area (Å²) in [7, 11) is -2.97. The minimum Gasteiger partial charge on any atom is -0.312 e. The van der Waals surface area contributed by atoms with Gasteiger partial charge in [-0.15, -0.1) is 0 Å². The topological polar surface area (TPSA) is 46.2 Å². The largest absolute Gasteiger partial charge is 0.312 e. The quantitative estimate of drug-likeness (QED) is 0.865. The molecule has 0 aromatic heterocycles. The normalized spacial score (nSPS) is 32.6. The maximum absolute atomic E-state index is 12.9. The Morgan fingerprint density at radius 3 is 2.32 bits per heavy atom. The fraction of sp³-hybridized carbons (Fsp3) is 1.00. The maximum Gasteiger partial charge on any atom is 0.157 e. The summed E-state index contributed by atoms with van der Waals surface area (Å²) in [5.74, 6) is 0. The molecule has 0 bridgehead atoms. The molecule has 19 heavy (non-hydrogen) atoms. The second-order valence-corrected chi connectivity index (χ2v) is 9.40. The van der Waals surface area contributed by atoms with E-state index in [2.05, 4.69) is 26.1 Å². The monoisotopic (exact) mass is 287 g/mol. The Morgan fingerprint density at radius 1 is 1.11 bits per heavy atom. The molecular formula is C15H29NO2S. The zero-order valence-corrected chi connectivity index (χ0v) is 13.4. The Labute approximate surface area is 118 Å². The van der Waals surface area contributed by atoms with Crippen LogP contribution in [-0.4, -0.2) is 31.5 Å². The van der Waals surface area contributed by atoms with Gasteiger partial charge in [0, 0.05) is 6.04 Å². The van der Waals surface area contributed by atoms with Crippen LogP contribution in [0.1, 0.15) is 65.7 Å². The molecule has 4 heteroatoms. The first-order valence-electron chi connectivity index (χ1n) is 7.85. The van der Waals surface area contributed by atoms with Crippen LogP contribution in [0.3, 0.4) is 0 Å². The summed E-state index contributed by atoms with van der Waals surface area (Å²) in [4.78, 5) is 0.